The lowest BCUT2D eigenvalue weighted by Gasteiger charge is -2.33. The fourth-order valence-corrected chi connectivity index (χ4v) is 4.14. The van der Waals surface area contributed by atoms with E-state index in [2.05, 4.69) is 45.5 Å². The molecule has 0 amide bonds. The molecule has 0 saturated carbocycles. The lowest BCUT2D eigenvalue weighted by Crippen LogP contribution is -2.40. The number of guanidine groups is 1. The van der Waals surface area contributed by atoms with Gasteiger partial charge in [0.25, 0.3) is 0 Å². The zero-order chi connectivity index (χ0) is 19.1. The first-order valence-corrected chi connectivity index (χ1v) is 10.7. The van der Waals surface area contributed by atoms with Crippen LogP contribution in [0.3, 0.4) is 0 Å². The van der Waals surface area contributed by atoms with Crippen molar-refractivity contribution in [2.45, 2.75) is 45.7 Å². The Morgan fingerprint density at radius 3 is 2.79 bits per heavy atom. The largest absolute Gasteiger partial charge is 0.468 e. The van der Waals surface area contributed by atoms with Crippen LogP contribution in [0.15, 0.2) is 33.2 Å². The number of hydrogen-bond donors (Lipinski definition) is 1. The average molecular weight is 517 g/mol. The number of thiazole rings is 1. The molecule has 3 rings (SSSR count). The van der Waals surface area contributed by atoms with Crippen molar-refractivity contribution in [1.29, 1.82) is 0 Å². The van der Waals surface area contributed by atoms with Crippen molar-refractivity contribution < 1.29 is 4.42 Å². The van der Waals surface area contributed by atoms with Crippen LogP contribution in [-0.2, 0) is 6.54 Å². The van der Waals surface area contributed by atoms with Gasteiger partial charge in [0, 0.05) is 19.0 Å². The Kier molecular flexibility index (Phi) is 9.73. The summed E-state index contributed by atoms with van der Waals surface area (Å²) in [5.41, 5.74) is 1.09. The van der Waals surface area contributed by atoms with Gasteiger partial charge in [-0.05, 0) is 51.9 Å². The first kappa shape index (κ1) is 23.2. The van der Waals surface area contributed by atoms with Crippen LogP contribution in [0, 0.1) is 6.92 Å². The molecule has 156 valence electrons. The van der Waals surface area contributed by atoms with E-state index in [1.807, 2.05) is 13.0 Å². The Morgan fingerprint density at radius 1 is 1.39 bits per heavy atom. The second kappa shape index (κ2) is 11.8. The number of hydrogen-bond acceptors (Lipinski definition) is 5. The van der Waals surface area contributed by atoms with E-state index in [-0.39, 0.29) is 30.0 Å². The molecular formula is C20H32IN5OS. The van der Waals surface area contributed by atoms with Crippen molar-refractivity contribution >= 4 is 41.3 Å². The summed E-state index contributed by atoms with van der Waals surface area (Å²) in [5, 5.41) is 6.64. The summed E-state index contributed by atoms with van der Waals surface area (Å²) in [4.78, 5) is 14.2. The number of likely N-dealkylation sites (tertiary alicyclic amines) is 1. The SMILES string of the molecule is CCNC(=NCC(c1ccco1)N1CCCCC1)N(C)Cc1csc(C)n1.I. The highest BCUT2D eigenvalue weighted by Gasteiger charge is 2.24. The van der Waals surface area contributed by atoms with Crippen molar-refractivity contribution in [2.75, 3.05) is 33.2 Å². The minimum Gasteiger partial charge on any atom is -0.468 e. The Labute approximate surface area is 189 Å². The molecule has 1 saturated heterocycles. The van der Waals surface area contributed by atoms with Gasteiger partial charge in [-0.3, -0.25) is 9.89 Å². The Morgan fingerprint density at radius 2 is 2.18 bits per heavy atom. The number of nitrogens with zero attached hydrogens (tertiary/aromatic N) is 4. The number of aromatic nitrogens is 1. The number of halogens is 1. The van der Waals surface area contributed by atoms with Gasteiger partial charge in [0.15, 0.2) is 5.96 Å². The summed E-state index contributed by atoms with van der Waals surface area (Å²) in [6, 6.07) is 4.24. The number of nitrogens with one attached hydrogen (secondary N) is 1. The number of furan rings is 1. The van der Waals surface area contributed by atoms with Crippen molar-refractivity contribution in [3.8, 4) is 0 Å². The molecule has 2 aromatic rings. The molecule has 0 radical (unpaired) electrons. The van der Waals surface area contributed by atoms with E-state index in [0.29, 0.717) is 6.54 Å². The van der Waals surface area contributed by atoms with E-state index in [1.54, 1.807) is 17.6 Å². The van der Waals surface area contributed by atoms with E-state index in [9.17, 15) is 0 Å². The monoisotopic (exact) mass is 517 g/mol. The molecule has 3 heterocycles. The molecule has 1 aliphatic heterocycles. The van der Waals surface area contributed by atoms with Crippen LogP contribution in [0.2, 0.25) is 0 Å². The number of aliphatic imine (C=N–C) groups is 1. The summed E-state index contributed by atoms with van der Waals surface area (Å²) in [6.07, 6.45) is 5.59. The Balaban J connectivity index is 0.00000280. The topological polar surface area (TPSA) is 56.9 Å². The van der Waals surface area contributed by atoms with Crippen LogP contribution in [0.4, 0.5) is 0 Å². The summed E-state index contributed by atoms with van der Waals surface area (Å²) in [7, 11) is 2.07. The molecule has 1 unspecified atom stereocenters. The first-order valence-electron chi connectivity index (χ1n) is 9.85. The molecule has 1 atom stereocenters. The lowest BCUT2D eigenvalue weighted by atomic mass is 10.1. The third-order valence-electron chi connectivity index (χ3n) is 4.88. The third kappa shape index (κ3) is 6.45. The highest BCUT2D eigenvalue weighted by molar-refractivity contribution is 14.0. The molecule has 1 aliphatic rings. The van der Waals surface area contributed by atoms with Crippen molar-refractivity contribution in [2.24, 2.45) is 4.99 Å². The van der Waals surface area contributed by atoms with Gasteiger partial charge < -0.3 is 14.6 Å². The van der Waals surface area contributed by atoms with Crippen molar-refractivity contribution in [3.05, 3.63) is 40.2 Å². The fourth-order valence-electron chi connectivity index (χ4n) is 3.54. The van der Waals surface area contributed by atoms with Gasteiger partial charge in [-0.15, -0.1) is 35.3 Å². The highest BCUT2D eigenvalue weighted by Crippen LogP contribution is 2.25. The van der Waals surface area contributed by atoms with Gasteiger partial charge in [-0.2, -0.15) is 0 Å². The van der Waals surface area contributed by atoms with E-state index in [0.717, 1.165) is 48.6 Å². The minimum atomic E-state index is 0. The molecule has 6 nitrogen and oxygen atoms in total. The van der Waals surface area contributed by atoms with Gasteiger partial charge in [-0.25, -0.2) is 4.98 Å². The maximum absolute atomic E-state index is 5.75. The first-order chi connectivity index (χ1) is 13.2. The number of aryl methyl sites for hydroxylation is 1. The van der Waals surface area contributed by atoms with E-state index >= 15 is 0 Å². The maximum Gasteiger partial charge on any atom is 0.194 e. The zero-order valence-electron chi connectivity index (χ0n) is 17.1. The molecule has 8 heteroatoms. The number of piperidine rings is 1. The molecular weight excluding hydrogens is 485 g/mol. The Hall–Kier alpha value is -1.13. The van der Waals surface area contributed by atoms with Crippen LogP contribution in [0.5, 0.6) is 0 Å². The molecule has 1 fully saturated rings. The molecule has 28 heavy (non-hydrogen) atoms. The quantitative estimate of drug-likeness (QED) is 0.338. The average Bonchev–Trinajstić information content (AvgIpc) is 3.34. The van der Waals surface area contributed by atoms with E-state index < -0.39 is 0 Å². The summed E-state index contributed by atoms with van der Waals surface area (Å²) in [5.74, 6) is 1.92. The normalized spacial score (nSPS) is 16.5. The predicted octanol–water partition coefficient (Wildman–Crippen LogP) is 4.29. The number of rotatable bonds is 7. The third-order valence-corrected chi connectivity index (χ3v) is 5.70. The highest BCUT2D eigenvalue weighted by atomic mass is 127. The molecule has 0 spiro atoms. The molecule has 0 bridgehead atoms. The predicted molar refractivity (Wildman–Crippen MR) is 127 cm³/mol. The van der Waals surface area contributed by atoms with E-state index in [1.165, 1.54) is 19.3 Å². The van der Waals surface area contributed by atoms with Gasteiger partial charge in [-0.1, -0.05) is 6.42 Å². The molecule has 0 aromatic carbocycles. The standard InChI is InChI=1S/C20H31N5OS.HI/c1-4-21-20(24(3)14-17-15-27-16(2)23-17)22-13-18(19-9-8-12-26-19)25-10-6-5-7-11-25;/h8-9,12,15,18H,4-7,10-11,13-14H2,1-3H3,(H,21,22);1H. The van der Waals surface area contributed by atoms with Crippen LogP contribution in [0.25, 0.3) is 0 Å². The van der Waals surface area contributed by atoms with E-state index in [4.69, 9.17) is 9.41 Å². The smallest absolute Gasteiger partial charge is 0.194 e. The summed E-state index contributed by atoms with van der Waals surface area (Å²) < 4.78 is 5.75. The lowest BCUT2D eigenvalue weighted by molar-refractivity contribution is 0.150. The summed E-state index contributed by atoms with van der Waals surface area (Å²) in [6.45, 7) is 8.66. The second-order valence-electron chi connectivity index (χ2n) is 7.04. The van der Waals surface area contributed by atoms with Crippen LogP contribution in [0.1, 0.15) is 48.7 Å². The Bertz CT molecular complexity index is 712. The van der Waals surface area contributed by atoms with Gasteiger partial charge in [0.2, 0.25) is 0 Å². The van der Waals surface area contributed by atoms with Gasteiger partial charge in [0.1, 0.15) is 5.76 Å². The summed E-state index contributed by atoms with van der Waals surface area (Å²) >= 11 is 1.69. The molecule has 0 aliphatic carbocycles. The van der Waals surface area contributed by atoms with Crippen LogP contribution in [-0.4, -0.2) is 54.0 Å². The van der Waals surface area contributed by atoms with Crippen molar-refractivity contribution in [3.63, 3.8) is 0 Å². The van der Waals surface area contributed by atoms with Crippen molar-refractivity contribution in [1.82, 2.24) is 20.1 Å². The van der Waals surface area contributed by atoms with Crippen LogP contribution < -0.4 is 5.32 Å². The van der Waals surface area contributed by atoms with Gasteiger partial charge >= 0.3 is 0 Å². The maximum atomic E-state index is 5.75. The fraction of sp³-hybridized carbons (Fsp3) is 0.600. The molecule has 2 aromatic heterocycles. The second-order valence-corrected chi connectivity index (χ2v) is 8.10. The van der Waals surface area contributed by atoms with Crippen LogP contribution >= 0.6 is 35.3 Å². The zero-order valence-corrected chi connectivity index (χ0v) is 20.2. The van der Waals surface area contributed by atoms with Gasteiger partial charge in [0.05, 0.1) is 36.1 Å². The molecule has 1 N–H and O–H groups in total. The minimum absolute atomic E-state index is 0.